The van der Waals surface area contributed by atoms with Crippen molar-refractivity contribution >= 4 is 12.0 Å². The van der Waals surface area contributed by atoms with Gasteiger partial charge in [0.15, 0.2) is 5.82 Å². The molecule has 10 heteroatoms. The first-order valence-corrected chi connectivity index (χ1v) is 8.07. The molecule has 0 spiro atoms. The topological polar surface area (TPSA) is 107 Å². The van der Waals surface area contributed by atoms with Crippen LogP contribution in [0.2, 0.25) is 0 Å². The highest BCUT2D eigenvalue weighted by molar-refractivity contribution is 5.68. The molecule has 0 bridgehead atoms. The van der Waals surface area contributed by atoms with E-state index in [1.165, 1.54) is 16.9 Å². The zero-order chi connectivity index (χ0) is 19.5. The van der Waals surface area contributed by atoms with Crippen LogP contribution in [0.15, 0.2) is 18.5 Å². The van der Waals surface area contributed by atoms with Crippen LogP contribution in [0.25, 0.3) is 5.95 Å². The molecule has 0 saturated carbocycles. The highest BCUT2D eigenvalue weighted by Crippen LogP contribution is 2.23. The minimum atomic E-state index is -0.915. The van der Waals surface area contributed by atoms with Crippen LogP contribution in [0.3, 0.4) is 0 Å². The molecule has 10 nitrogen and oxygen atoms in total. The van der Waals surface area contributed by atoms with Gasteiger partial charge in [-0.25, -0.2) is 19.8 Å². The maximum Gasteiger partial charge on any atom is 0.408 e. The standard InChI is InChI=1S/C16H25N7O3/c1-15(2,3)26-14(24)20-16(4,5)11-19-13(22(6)25-7)21-23(11)12-17-9-8-10-18-12/h8-10H,1-7H3,(H,20,24). The number of hydroxylamine groups is 1. The van der Waals surface area contributed by atoms with Gasteiger partial charge in [-0.15, -0.1) is 5.10 Å². The van der Waals surface area contributed by atoms with Crippen molar-refractivity contribution in [2.45, 2.75) is 45.8 Å². The number of anilines is 1. The number of hydrogen-bond acceptors (Lipinski definition) is 8. The number of ether oxygens (including phenoxy) is 1. The number of amides is 1. The van der Waals surface area contributed by atoms with E-state index in [0.717, 1.165) is 0 Å². The Kier molecular flexibility index (Phi) is 5.45. The van der Waals surface area contributed by atoms with Crippen LogP contribution in [0.5, 0.6) is 0 Å². The Balaban J connectivity index is 2.42. The summed E-state index contributed by atoms with van der Waals surface area (Å²) in [4.78, 5) is 30.3. The van der Waals surface area contributed by atoms with E-state index in [9.17, 15) is 4.79 Å². The third kappa shape index (κ3) is 4.66. The van der Waals surface area contributed by atoms with Gasteiger partial charge < -0.3 is 10.1 Å². The Morgan fingerprint density at radius 1 is 1.19 bits per heavy atom. The Morgan fingerprint density at radius 2 is 1.81 bits per heavy atom. The molecule has 0 aromatic carbocycles. The minimum Gasteiger partial charge on any atom is -0.444 e. The molecular formula is C16H25N7O3. The molecule has 26 heavy (non-hydrogen) atoms. The molecule has 1 amide bonds. The van der Waals surface area contributed by atoms with Crippen molar-refractivity contribution in [1.82, 2.24) is 30.0 Å². The summed E-state index contributed by atoms with van der Waals surface area (Å²) in [6.07, 6.45) is 2.64. The van der Waals surface area contributed by atoms with Crippen LogP contribution in [0, 0.1) is 0 Å². The molecule has 0 aliphatic heterocycles. The summed E-state index contributed by atoms with van der Waals surface area (Å²) < 4.78 is 6.80. The average molecular weight is 363 g/mol. The van der Waals surface area contributed by atoms with E-state index < -0.39 is 17.2 Å². The number of hydrogen-bond donors (Lipinski definition) is 1. The van der Waals surface area contributed by atoms with Gasteiger partial charge in [-0.3, -0.25) is 4.84 Å². The summed E-state index contributed by atoms with van der Waals surface area (Å²) in [5, 5.41) is 8.59. The highest BCUT2D eigenvalue weighted by Gasteiger charge is 2.33. The fraction of sp³-hybridized carbons (Fsp3) is 0.562. The van der Waals surface area contributed by atoms with Crippen molar-refractivity contribution < 1.29 is 14.4 Å². The predicted octanol–water partition coefficient (Wildman–Crippen LogP) is 1.81. The molecule has 1 N–H and O–H groups in total. The van der Waals surface area contributed by atoms with Crippen LogP contribution in [-0.4, -0.2) is 50.6 Å². The molecule has 0 radical (unpaired) electrons. The van der Waals surface area contributed by atoms with Crippen LogP contribution >= 0.6 is 0 Å². The van der Waals surface area contributed by atoms with Crippen molar-refractivity contribution in [3.63, 3.8) is 0 Å². The predicted molar refractivity (Wildman–Crippen MR) is 94.8 cm³/mol. The first-order valence-electron chi connectivity index (χ1n) is 8.07. The molecule has 2 aromatic rings. The fourth-order valence-electron chi connectivity index (χ4n) is 2.08. The normalized spacial score (nSPS) is 12.0. The van der Waals surface area contributed by atoms with Gasteiger partial charge in [0, 0.05) is 19.4 Å². The van der Waals surface area contributed by atoms with Gasteiger partial charge in [-0.1, -0.05) is 0 Å². The Hall–Kier alpha value is -2.75. The largest absolute Gasteiger partial charge is 0.444 e. The second-order valence-electron chi connectivity index (χ2n) is 7.13. The number of nitrogens with zero attached hydrogens (tertiary/aromatic N) is 6. The molecule has 0 unspecified atom stereocenters. The molecular weight excluding hydrogens is 338 g/mol. The van der Waals surface area contributed by atoms with Gasteiger partial charge in [0.2, 0.25) is 0 Å². The van der Waals surface area contributed by atoms with Crippen molar-refractivity contribution in [1.29, 1.82) is 0 Å². The van der Waals surface area contributed by atoms with Crippen LogP contribution in [0.1, 0.15) is 40.4 Å². The van der Waals surface area contributed by atoms with Crippen molar-refractivity contribution in [3.8, 4) is 5.95 Å². The first kappa shape index (κ1) is 19.6. The summed E-state index contributed by atoms with van der Waals surface area (Å²) in [6.45, 7) is 8.97. The zero-order valence-electron chi connectivity index (χ0n) is 16.1. The lowest BCUT2D eigenvalue weighted by molar-refractivity contribution is 0.0465. The van der Waals surface area contributed by atoms with Crippen LogP contribution < -0.4 is 10.4 Å². The molecule has 0 aliphatic rings. The van der Waals surface area contributed by atoms with E-state index in [-0.39, 0.29) is 0 Å². The average Bonchev–Trinajstić information content (AvgIpc) is 2.99. The van der Waals surface area contributed by atoms with Gasteiger partial charge in [0.05, 0.1) is 12.6 Å². The summed E-state index contributed by atoms with van der Waals surface area (Å²) >= 11 is 0. The lowest BCUT2D eigenvalue weighted by atomic mass is 10.1. The zero-order valence-corrected chi connectivity index (χ0v) is 16.1. The van der Waals surface area contributed by atoms with E-state index in [1.807, 2.05) is 0 Å². The van der Waals surface area contributed by atoms with Crippen molar-refractivity contribution in [2.24, 2.45) is 0 Å². The molecule has 0 atom stereocenters. The SMILES string of the molecule is CON(C)c1nc(C(C)(C)NC(=O)OC(C)(C)C)n(-c2ncccn2)n1. The maximum atomic E-state index is 12.2. The van der Waals surface area contributed by atoms with E-state index in [0.29, 0.717) is 17.7 Å². The number of carbonyl (C=O) groups excluding carboxylic acids is 1. The third-order valence-corrected chi connectivity index (χ3v) is 3.27. The molecule has 142 valence electrons. The fourth-order valence-corrected chi connectivity index (χ4v) is 2.08. The second kappa shape index (κ2) is 7.24. The summed E-state index contributed by atoms with van der Waals surface area (Å²) in [6, 6.07) is 1.70. The number of nitrogens with one attached hydrogen (secondary N) is 1. The lowest BCUT2D eigenvalue weighted by Gasteiger charge is -2.27. The Morgan fingerprint density at radius 3 is 2.35 bits per heavy atom. The quantitative estimate of drug-likeness (QED) is 0.802. The molecule has 2 rings (SSSR count). The number of rotatable bonds is 5. The van der Waals surface area contributed by atoms with E-state index in [2.05, 4.69) is 25.4 Å². The third-order valence-electron chi connectivity index (χ3n) is 3.27. The lowest BCUT2D eigenvalue weighted by Crippen LogP contribution is -2.45. The molecule has 2 heterocycles. The van der Waals surface area contributed by atoms with Crippen LogP contribution in [0.4, 0.5) is 10.7 Å². The second-order valence-corrected chi connectivity index (χ2v) is 7.13. The molecule has 2 aromatic heterocycles. The molecule has 0 fully saturated rings. The first-order chi connectivity index (χ1) is 12.0. The summed E-state index contributed by atoms with van der Waals surface area (Å²) in [5.74, 6) is 1.05. The van der Waals surface area contributed by atoms with Gasteiger partial charge in [-0.2, -0.15) is 9.67 Å². The molecule has 0 aliphatic carbocycles. The number of aromatic nitrogens is 5. The van der Waals surface area contributed by atoms with Gasteiger partial charge in [0.25, 0.3) is 11.9 Å². The van der Waals surface area contributed by atoms with Gasteiger partial charge in [-0.05, 0) is 40.7 Å². The van der Waals surface area contributed by atoms with E-state index >= 15 is 0 Å². The van der Waals surface area contributed by atoms with Gasteiger partial charge >= 0.3 is 6.09 Å². The van der Waals surface area contributed by atoms with Crippen molar-refractivity contribution in [3.05, 3.63) is 24.3 Å². The monoisotopic (exact) mass is 363 g/mol. The molecule has 0 saturated heterocycles. The number of carbonyl (C=O) groups is 1. The minimum absolute atomic E-state index is 0.300. The maximum absolute atomic E-state index is 12.2. The van der Waals surface area contributed by atoms with E-state index in [1.54, 1.807) is 60.1 Å². The summed E-state index contributed by atoms with van der Waals surface area (Å²) in [7, 11) is 3.17. The van der Waals surface area contributed by atoms with Crippen molar-refractivity contribution in [2.75, 3.05) is 19.2 Å². The van der Waals surface area contributed by atoms with Gasteiger partial charge in [0.1, 0.15) is 5.60 Å². The Labute approximate surface area is 152 Å². The number of alkyl carbamates (subject to hydrolysis) is 1. The summed E-state index contributed by atoms with van der Waals surface area (Å²) in [5.41, 5.74) is -1.53. The van der Waals surface area contributed by atoms with Crippen LogP contribution in [-0.2, 0) is 15.1 Å². The Bertz CT molecular complexity index is 753. The highest BCUT2D eigenvalue weighted by atomic mass is 16.7. The van der Waals surface area contributed by atoms with E-state index in [4.69, 9.17) is 9.57 Å². The smallest absolute Gasteiger partial charge is 0.408 e.